The first-order valence-corrected chi connectivity index (χ1v) is 12.7. The summed E-state index contributed by atoms with van der Waals surface area (Å²) in [6, 6.07) is 5.47. The Hall–Kier alpha value is -1.83. The van der Waals surface area contributed by atoms with Gasteiger partial charge in [-0.05, 0) is 63.3 Å². The standard InChI is InChI=1S/C24H38N4O2S/c1-17(2)28(18(3)4)31(29,30)26-20-8-9-23-21(14-20)22(15-25-23)19-10-12-27(13-11-19)16-24(5,6)7/h8-10,14-15,17-18,25-26H,11-13,16H2,1-7H3. The summed E-state index contributed by atoms with van der Waals surface area (Å²) in [7, 11) is -3.64. The topological polar surface area (TPSA) is 68.4 Å². The zero-order valence-corrected chi connectivity index (χ0v) is 20.8. The maximum absolute atomic E-state index is 13.0. The second-order valence-electron chi connectivity index (χ2n) is 10.4. The molecule has 1 aromatic carbocycles. The smallest absolute Gasteiger partial charge is 0.302 e. The predicted molar refractivity (Wildman–Crippen MR) is 131 cm³/mol. The van der Waals surface area contributed by atoms with Crippen LogP contribution in [0.2, 0.25) is 0 Å². The monoisotopic (exact) mass is 446 g/mol. The fourth-order valence-electron chi connectivity index (χ4n) is 4.57. The lowest BCUT2D eigenvalue weighted by atomic mass is 9.93. The molecule has 0 saturated carbocycles. The summed E-state index contributed by atoms with van der Waals surface area (Å²) in [6.07, 6.45) is 5.35. The molecule has 0 aliphatic carbocycles. The molecule has 7 heteroatoms. The normalized spacial score (nSPS) is 16.5. The first-order chi connectivity index (χ1) is 14.4. The average molecular weight is 447 g/mol. The second kappa shape index (κ2) is 8.96. The molecular weight excluding hydrogens is 408 g/mol. The second-order valence-corrected chi connectivity index (χ2v) is 11.9. The lowest BCUT2D eigenvalue weighted by Gasteiger charge is -2.32. The summed E-state index contributed by atoms with van der Waals surface area (Å²) >= 11 is 0. The number of benzene rings is 1. The summed E-state index contributed by atoms with van der Waals surface area (Å²) < 4.78 is 30.3. The molecule has 31 heavy (non-hydrogen) atoms. The number of hydrogen-bond donors (Lipinski definition) is 2. The van der Waals surface area contributed by atoms with Gasteiger partial charge in [0.1, 0.15) is 0 Å². The van der Waals surface area contributed by atoms with Crippen LogP contribution in [-0.4, -0.2) is 54.3 Å². The SMILES string of the molecule is CC(C)N(C(C)C)S(=O)(=O)Nc1ccc2[nH]cc(C3=CCN(CC(C)(C)C)CC3)c2c1. The molecule has 2 heterocycles. The molecule has 0 radical (unpaired) electrons. The maximum Gasteiger partial charge on any atom is 0.302 e. The van der Waals surface area contributed by atoms with Gasteiger partial charge in [0, 0.05) is 54.4 Å². The minimum atomic E-state index is -3.64. The number of nitrogens with one attached hydrogen (secondary N) is 2. The van der Waals surface area contributed by atoms with Crippen LogP contribution in [0.3, 0.4) is 0 Å². The first kappa shape index (κ1) is 23.8. The van der Waals surface area contributed by atoms with Crippen molar-refractivity contribution < 1.29 is 8.42 Å². The summed E-state index contributed by atoms with van der Waals surface area (Å²) in [6.45, 7) is 17.5. The van der Waals surface area contributed by atoms with E-state index in [4.69, 9.17) is 0 Å². The highest BCUT2D eigenvalue weighted by Gasteiger charge is 2.28. The fourth-order valence-corrected chi connectivity index (χ4v) is 6.21. The Bertz CT molecular complexity index is 1040. The van der Waals surface area contributed by atoms with Crippen LogP contribution < -0.4 is 4.72 Å². The van der Waals surface area contributed by atoms with Gasteiger partial charge in [-0.15, -0.1) is 0 Å². The Morgan fingerprint density at radius 1 is 1.16 bits per heavy atom. The molecule has 0 amide bonds. The third kappa shape index (κ3) is 5.70. The summed E-state index contributed by atoms with van der Waals surface area (Å²) in [5.74, 6) is 0. The largest absolute Gasteiger partial charge is 0.361 e. The van der Waals surface area contributed by atoms with Crippen molar-refractivity contribution in [3.8, 4) is 0 Å². The van der Waals surface area contributed by atoms with Crippen LogP contribution >= 0.6 is 0 Å². The zero-order chi connectivity index (χ0) is 23.0. The minimum absolute atomic E-state index is 0.118. The van der Waals surface area contributed by atoms with Crippen molar-refractivity contribution in [2.75, 3.05) is 24.4 Å². The molecule has 0 fully saturated rings. The van der Waals surface area contributed by atoms with Gasteiger partial charge in [0.2, 0.25) is 0 Å². The lowest BCUT2D eigenvalue weighted by molar-refractivity contribution is 0.207. The summed E-state index contributed by atoms with van der Waals surface area (Å²) in [5.41, 5.74) is 4.38. The molecule has 0 spiro atoms. The number of fused-ring (bicyclic) bond motifs is 1. The van der Waals surface area contributed by atoms with Gasteiger partial charge in [-0.2, -0.15) is 12.7 Å². The van der Waals surface area contributed by atoms with E-state index in [2.05, 4.69) is 41.5 Å². The third-order valence-corrected chi connectivity index (χ3v) is 7.45. The fraction of sp³-hybridized carbons (Fsp3) is 0.583. The van der Waals surface area contributed by atoms with Gasteiger partial charge in [0.15, 0.2) is 0 Å². The third-order valence-electron chi connectivity index (χ3n) is 5.56. The first-order valence-electron chi connectivity index (χ1n) is 11.2. The predicted octanol–water partition coefficient (Wildman–Crippen LogP) is 5.08. The number of aromatic amines is 1. The Balaban J connectivity index is 1.85. The quantitative estimate of drug-likeness (QED) is 0.623. The number of H-pyrrole nitrogens is 1. The van der Waals surface area contributed by atoms with E-state index in [9.17, 15) is 8.42 Å². The Morgan fingerprint density at radius 2 is 1.84 bits per heavy atom. The van der Waals surface area contributed by atoms with Gasteiger partial charge >= 0.3 is 10.2 Å². The van der Waals surface area contributed by atoms with Crippen molar-refractivity contribution in [1.82, 2.24) is 14.2 Å². The minimum Gasteiger partial charge on any atom is -0.361 e. The molecule has 1 aliphatic rings. The van der Waals surface area contributed by atoms with Crippen LogP contribution in [0.1, 0.15) is 60.5 Å². The lowest BCUT2D eigenvalue weighted by Crippen LogP contribution is -2.45. The molecule has 1 aromatic heterocycles. The molecule has 0 unspecified atom stereocenters. The van der Waals surface area contributed by atoms with Crippen molar-refractivity contribution >= 4 is 32.4 Å². The number of anilines is 1. The van der Waals surface area contributed by atoms with Crippen molar-refractivity contribution in [1.29, 1.82) is 0 Å². The van der Waals surface area contributed by atoms with Gasteiger partial charge < -0.3 is 4.98 Å². The van der Waals surface area contributed by atoms with Crippen LogP contribution in [0.5, 0.6) is 0 Å². The number of aromatic nitrogens is 1. The van der Waals surface area contributed by atoms with Crippen molar-refractivity contribution in [3.05, 3.63) is 36.0 Å². The van der Waals surface area contributed by atoms with E-state index < -0.39 is 10.2 Å². The van der Waals surface area contributed by atoms with Crippen molar-refractivity contribution in [3.63, 3.8) is 0 Å². The van der Waals surface area contributed by atoms with Crippen LogP contribution in [0, 0.1) is 5.41 Å². The van der Waals surface area contributed by atoms with E-state index in [0.717, 1.165) is 42.5 Å². The van der Waals surface area contributed by atoms with Crippen LogP contribution in [0.4, 0.5) is 5.69 Å². The summed E-state index contributed by atoms with van der Waals surface area (Å²) in [4.78, 5) is 5.83. The van der Waals surface area contributed by atoms with Gasteiger partial charge in [-0.1, -0.05) is 26.8 Å². The van der Waals surface area contributed by atoms with E-state index in [-0.39, 0.29) is 17.5 Å². The van der Waals surface area contributed by atoms with Crippen LogP contribution in [0.25, 0.3) is 16.5 Å². The molecule has 3 rings (SSSR count). The molecule has 6 nitrogen and oxygen atoms in total. The molecule has 2 aromatic rings. The van der Waals surface area contributed by atoms with Gasteiger partial charge in [-0.3, -0.25) is 9.62 Å². The Morgan fingerprint density at radius 3 is 2.39 bits per heavy atom. The van der Waals surface area contributed by atoms with Gasteiger partial charge in [-0.25, -0.2) is 0 Å². The van der Waals surface area contributed by atoms with Crippen molar-refractivity contribution in [2.45, 2.75) is 67.0 Å². The van der Waals surface area contributed by atoms with Crippen LogP contribution in [-0.2, 0) is 10.2 Å². The highest BCUT2D eigenvalue weighted by Crippen LogP contribution is 2.32. The molecule has 2 N–H and O–H groups in total. The molecule has 0 saturated heterocycles. The van der Waals surface area contributed by atoms with Crippen LogP contribution in [0.15, 0.2) is 30.5 Å². The number of nitrogens with zero attached hydrogens (tertiary/aromatic N) is 2. The van der Waals surface area contributed by atoms with Gasteiger partial charge in [0.25, 0.3) is 0 Å². The zero-order valence-electron chi connectivity index (χ0n) is 20.0. The molecular formula is C24H38N4O2S. The maximum atomic E-state index is 13.0. The Labute approximate surface area is 187 Å². The molecule has 0 bridgehead atoms. The highest BCUT2D eigenvalue weighted by molar-refractivity contribution is 7.90. The number of hydrogen-bond acceptors (Lipinski definition) is 3. The van der Waals surface area contributed by atoms with E-state index in [1.807, 2.05) is 52.1 Å². The summed E-state index contributed by atoms with van der Waals surface area (Å²) in [5, 5.41) is 1.05. The molecule has 0 atom stereocenters. The molecule has 1 aliphatic heterocycles. The highest BCUT2D eigenvalue weighted by atomic mass is 32.2. The Kier molecular flexibility index (Phi) is 6.89. The average Bonchev–Trinajstić information content (AvgIpc) is 3.02. The number of rotatable bonds is 7. The van der Waals surface area contributed by atoms with Crippen molar-refractivity contribution in [2.24, 2.45) is 5.41 Å². The van der Waals surface area contributed by atoms with E-state index >= 15 is 0 Å². The van der Waals surface area contributed by atoms with E-state index in [1.54, 1.807) is 0 Å². The van der Waals surface area contributed by atoms with E-state index in [0.29, 0.717) is 5.69 Å². The van der Waals surface area contributed by atoms with Gasteiger partial charge in [0.05, 0.1) is 5.69 Å². The molecule has 172 valence electrons. The van der Waals surface area contributed by atoms with E-state index in [1.165, 1.54) is 9.88 Å².